The molecule has 0 aliphatic carbocycles. The fourth-order valence-corrected chi connectivity index (χ4v) is 1.59. The first-order chi connectivity index (χ1) is 7.35. The molecule has 0 aromatic rings. The Morgan fingerprint density at radius 1 is 1.40 bits per heavy atom. The first kappa shape index (κ1) is 14.4. The SMILES string of the molecule is C=CCSCCNC(=NC)NCCCC. The number of thioether (sulfide) groups is 1. The first-order valence-corrected chi connectivity index (χ1v) is 6.63. The van der Waals surface area contributed by atoms with Crippen molar-refractivity contribution in [1.29, 1.82) is 0 Å². The zero-order valence-electron chi connectivity index (χ0n) is 9.88. The molecule has 0 heterocycles. The van der Waals surface area contributed by atoms with Crippen LogP contribution >= 0.6 is 11.8 Å². The standard InChI is InChI=1S/C11H23N3S/c1-4-6-7-13-11(12-3)14-8-10-15-9-5-2/h5H,2,4,6-10H2,1,3H3,(H2,12,13,14). The maximum Gasteiger partial charge on any atom is 0.191 e. The van der Waals surface area contributed by atoms with E-state index >= 15 is 0 Å². The van der Waals surface area contributed by atoms with E-state index < -0.39 is 0 Å². The van der Waals surface area contributed by atoms with E-state index in [1.54, 1.807) is 7.05 Å². The van der Waals surface area contributed by atoms with E-state index in [9.17, 15) is 0 Å². The summed E-state index contributed by atoms with van der Waals surface area (Å²) in [5, 5.41) is 6.54. The Balaban J connectivity index is 3.41. The Morgan fingerprint density at radius 3 is 2.73 bits per heavy atom. The van der Waals surface area contributed by atoms with E-state index in [-0.39, 0.29) is 0 Å². The van der Waals surface area contributed by atoms with Crippen molar-refractivity contribution in [2.45, 2.75) is 19.8 Å². The van der Waals surface area contributed by atoms with Gasteiger partial charge in [0.2, 0.25) is 0 Å². The van der Waals surface area contributed by atoms with Crippen molar-refractivity contribution in [2.24, 2.45) is 4.99 Å². The van der Waals surface area contributed by atoms with Crippen molar-refractivity contribution in [3.8, 4) is 0 Å². The largest absolute Gasteiger partial charge is 0.356 e. The second-order valence-corrected chi connectivity index (χ2v) is 4.29. The summed E-state index contributed by atoms with van der Waals surface area (Å²) in [6.07, 6.45) is 4.32. The van der Waals surface area contributed by atoms with Gasteiger partial charge in [0, 0.05) is 31.6 Å². The smallest absolute Gasteiger partial charge is 0.191 e. The Hall–Kier alpha value is -0.640. The highest BCUT2D eigenvalue weighted by molar-refractivity contribution is 7.99. The third-order valence-electron chi connectivity index (χ3n) is 1.82. The molecule has 0 saturated carbocycles. The second kappa shape index (κ2) is 11.4. The summed E-state index contributed by atoms with van der Waals surface area (Å²) in [4.78, 5) is 4.14. The van der Waals surface area contributed by atoms with E-state index in [1.165, 1.54) is 12.8 Å². The van der Waals surface area contributed by atoms with Gasteiger partial charge < -0.3 is 10.6 Å². The number of nitrogens with one attached hydrogen (secondary N) is 2. The first-order valence-electron chi connectivity index (χ1n) is 5.48. The average Bonchev–Trinajstić information content (AvgIpc) is 2.26. The van der Waals surface area contributed by atoms with Crippen LogP contribution in [0.2, 0.25) is 0 Å². The number of unbranched alkanes of at least 4 members (excludes halogenated alkanes) is 1. The Bertz CT molecular complexity index is 181. The highest BCUT2D eigenvalue weighted by atomic mass is 32.2. The summed E-state index contributed by atoms with van der Waals surface area (Å²) in [6.45, 7) is 7.81. The van der Waals surface area contributed by atoms with Crippen molar-refractivity contribution < 1.29 is 0 Å². The van der Waals surface area contributed by atoms with E-state index in [4.69, 9.17) is 0 Å². The lowest BCUT2D eigenvalue weighted by Crippen LogP contribution is -2.38. The molecule has 3 nitrogen and oxygen atoms in total. The maximum atomic E-state index is 4.14. The van der Waals surface area contributed by atoms with Crippen LogP contribution < -0.4 is 10.6 Å². The molecule has 0 spiro atoms. The molecule has 0 amide bonds. The van der Waals surface area contributed by atoms with Crippen LogP contribution in [0.1, 0.15) is 19.8 Å². The predicted molar refractivity (Wildman–Crippen MR) is 71.8 cm³/mol. The number of aliphatic imine (C=N–C) groups is 1. The summed E-state index contributed by atoms with van der Waals surface area (Å²) in [5.74, 6) is 3.01. The molecule has 0 aromatic carbocycles. The van der Waals surface area contributed by atoms with Gasteiger partial charge in [0.25, 0.3) is 0 Å². The van der Waals surface area contributed by atoms with Gasteiger partial charge in [0.15, 0.2) is 5.96 Å². The number of guanidine groups is 1. The number of hydrogen-bond donors (Lipinski definition) is 2. The minimum absolute atomic E-state index is 0.905. The molecule has 2 N–H and O–H groups in total. The molecular weight excluding hydrogens is 206 g/mol. The van der Waals surface area contributed by atoms with Crippen LogP contribution in [0.3, 0.4) is 0 Å². The van der Waals surface area contributed by atoms with E-state index in [0.717, 1.165) is 30.6 Å². The molecular formula is C11H23N3S. The normalized spacial score (nSPS) is 11.2. The topological polar surface area (TPSA) is 36.4 Å². The van der Waals surface area contributed by atoms with Gasteiger partial charge in [0.1, 0.15) is 0 Å². The molecule has 0 radical (unpaired) electrons. The molecule has 0 aromatic heterocycles. The summed E-state index contributed by atoms with van der Waals surface area (Å²) >= 11 is 1.87. The summed E-state index contributed by atoms with van der Waals surface area (Å²) in [5.41, 5.74) is 0. The zero-order valence-corrected chi connectivity index (χ0v) is 10.7. The molecule has 0 saturated heterocycles. The minimum Gasteiger partial charge on any atom is -0.356 e. The molecule has 0 atom stereocenters. The summed E-state index contributed by atoms with van der Waals surface area (Å²) in [7, 11) is 1.80. The number of nitrogens with zero attached hydrogens (tertiary/aromatic N) is 1. The lowest BCUT2D eigenvalue weighted by molar-refractivity contribution is 0.734. The fraction of sp³-hybridized carbons (Fsp3) is 0.727. The number of rotatable bonds is 8. The molecule has 15 heavy (non-hydrogen) atoms. The van der Waals surface area contributed by atoms with Gasteiger partial charge in [-0.05, 0) is 6.42 Å². The van der Waals surface area contributed by atoms with E-state index in [0.29, 0.717) is 0 Å². The average molecular weight is 229 g/mol. The van der Waals surface area contributed by atoms with Crippen LogP contribution in [-0.2, 0) is 0 Å². The van der Waals surface area contributed by atoms with Crippen LogP contribution in [0.15, 0.2) is 17.6 Å². The lowest BCUT2D eigenvalue weighted by atomic mass is 10.3. The highest BCUT2D eigenvalue weighted by Gasteiger charge is 1.94. The Kier molecular flexibility index (Phi) is 10.9. The third kappa shape index (κ3) is 9.66. The molecule has 88 valence electrons. The molecule has 0 aliphatic rings. The van der Waals surface area contributed by atoms with Gasteiger partial charge in [-0.25, -0.2) is 0 Å². The Morgan fingerprint density at radius 2 is 2.13 bits per heavy atom. The lowest BCUT2D eigenvalue weighted by Gasteiger charge is -2.10. The summed E-state index contributed by atoms with van der Waals surface area (Å²) < 4.78 is 0. The molecule has 4 heteroatoms. The van der Waals surface area contributed by atoms with Crippen LogP contribution in [0.4, 0.5) is 0 Å². The van der Waals surface area contributed by atoms with E-state index in [2.05, 4.69) is 29.1 Å². The van der Waals surface area contributed by atoms with Gasteiger partial charge in [-0.2, -0.15) is 11.8 Å². The van der Waals surface area contributed by atoms with Crippen LogP contribution in [0, 0.1) is 0 Å². The number of hydrogen-bond acceptors (Lipinski definition) is 2. The second-order valence-electron chi connectivity index (χ2n) is 3.14. The van der Waals surface area contributed by atoms with Crippen molar-refractivity contribution in [3.05, 3.63) is 12.7 Å². The highest BCUT2D eigenvalue weighted by Crippen LogP contribution is 1.96. The van der Waals surface area contributed by atoms with Crippen LogP contribution in [0.5, 0.6) is 0 Å². The van der Waals surface area contributed by atoms with Crippen molar-refractivity contribution in [1.82, 2.24) is 10.6 Å². The summed E-state index contributed by atoms with van der Waals surface area (Å²) in [6, 6.07) is 0. The predicted octanol–water partition coefficient (Wildman–Crippen LogP) is 1.87. The molecule has 0 fully saturated rings. The fourth-order valence-electron chi connectivity index (χ4n) is 1.01. The van der Waals surface area contributed by atoms with Gasteiger partial charge in [-0.3, -0.25) is 4.99 Å². The third-order valence-corrected chi connectivity index (χ3v) is 2.79. The molecule has 0 rings (SSSR count). The molecule has 0 unspecified atom stereocenters. The van der Waals surface area contributed by atoms with Gasteiger partial charge in [-0.15, -0.1) is 6.58 Å². The Labute approximate surface area is 97.8 Å². The minimum atomic E-state index is 0.905. The quantitative estimate of drug-likeness (QED) is 0.289. The molecule has 0 bridgehead atoms. The van der Waals surface area contributed by atoms with E-state index in [1.807, 2.05) is 17.8 Å². The van der Waals surface area contributed by atoms with Crippen molar-refractivity contribution >= 4 is 17.7 Å². The maximum absolute atomic E-state index is 4.14. The molecule has 0 aliphatic heterocycles. The van der Waals surface area contributed by atoms with Crippen molar-refractivity contribution in [3.63, 3.8) is 0 Å². The van der Waals surface area contributed by atoms with Crippen LogP contribution in [-0.4, -0.2) is 37.6 Å². The monoisotopic (exact) mass is 229 g/mol. The van der Waals surface area contributed by atoms with Gasteiger partial charge in [-0.1, -0.05) is 19.4 Å². The van der Waals surface area contributed by atoms with Gasteiger partial charge in [0.05, 0.1) is 0 Å². The van der Waals surface area contributed by atoms with Gasteiger partial charge >= 0.3 is 0 Å². The zero-order chi connectivity index (χ0) is 11.4. The van der Waals surface area contributed by atoms with Crippen LogP contribution in [0.25, 0.3) is 0 Å². The van der Waals surface area contributed by atoms with Crippen molar-refractivity contribution in [2.75, 3.05) is 31.6 Å².